The second-order valence-corrected chi connectivity index (χ2v) is 5.29. The van der Waals surface area contributed by atoms with E-state index in [1.54, 1.807) is 7.11 Å². The predicted molar refractivity (Wildman–Crippen MR) is 80.0 cm³/mol. The molecule has 1 N–H and O–H groups in total. The molecule has 3 heteroatoms. The molecule has 1 aromatic carbocycles. The van der Waals surface area contributed by atoms with E-state index < -0.39 is 0 Å². The number of rotatable bonds is 5. The normalized spacial score (nSPS) is 17.8. The number of para-hydroxylation sites is 1. The average molecular weight is 271 g/mol. The monoisotopic (exact) mass is 271 g/mol. The Balaban J connectivity index is 1.79. The van der Waals surface area contributed by atoms with E-state index in [4.69, 9.17) is 9.15 Å². The number of ether oxygens (including phenoxy) is 1. The largest absolute Gasteiger partial charge is 0.469 e. The average Bonchev–Trinajstić information content (AvgIpc) is 2.96. The van der Waals surface area contributed by atoms with Gasteiger partial charge in [0.15, 0.2) is 0 Å². The van der Waals surface area contributed by atoms with Crippen molar-refractivity contribution in [3.05, 3.63) is 53.5 Å². The van der Waals surface area contributed by atoms with Gasteiger partial charge in [0.05, 0.1) is 18.9 Å². The Morgan fingerprint density at radius 2 is 2.20 bits per heavy atom. The van der Waals surface area contributed by atoms with Crippen LogP contribution in [0.4, 0.5) is 5.69 Å². The lowest BCUT2D eigenvalue weighted by molar-refractivity contribution is 0.202. The Bertz CT molecular complexity index is 562. The molecule has 106 valence electrons. The van der Waals surface area contributed by atoms with Crippen molar-refractivity contribution in [1.29, 1.82) is 0 Å². The SMILES string of the molecule is COCCc1ccccc1NC1CCCc2occc21. The minimum absolute atomic E-state index is 0.362. The van der Waals surface area contributed by atoms with Gasteiger partial charge in [-0.25, -0.2) is 0 Å². The fourth-order valence-electron chi connectivity index (χ4n) is 2.92. The van der Waals surface area contributed by atoms with Gasteiger partial charge in [-0.3, -0.25) is 0 Å². The highest BCUT2D eigenvalue weighted by atomic mass is 16.5. The smallest absolute Gasteiger partial charge is 0.109 e. The molecule has 0 fully saturated rings. The molecule has 1 heterocycles. The fourth-order valence-corrected chi connectivity index (χ4v) is 2.92. The van der Waals surface area contributed by atoms with Gasteiger partial charge in [0.25, 0.3) is 0 Å². The molecule has 1 aliphatic carbocycles. The van der Waals surface area contributed by atoms with Crippen LogP contribution in [-0.2, 0) is 17.6 Å². The molecule has 0 amide bonds. The molecule has 1 unspecified atom stereocenters. The number of nitrogens with one attached hydrogen (secondary N) is 1. The summed E-state index contributed by atoms with van der Waals surface area (Å²) in [6, 6.07) is 10.9. The summed E-state index contributed by atoms with van der Waals surface area (Å²) in [5.74, 6) is 1.14. The number of anilines is 1. The fraction of sp³-hybridized carbons (Fsp3) is 0.412. The lowest BCUT2D eigenvalue weighted by Gasteiger charge is -2.25. The van der Waals surface area contributed by atoms with Crippen LogP contribution in [-0.4, -0.2) is 13.7 Å². The summed E-state index contributed by atoms with van der Waals surface area (Å²) >= 11 is 0. The van der Waals surface area contributed by atoms with Crippen LogP contribution in [0.5, 0.6) is 0 Å². The summed E-state index contributed by atoms with van der Waals surface area (Å²) in [7, 11) is 1.74. The van der Waals surface area contributed by atoms with Gasteiger partial charge in [0.2, 0.25) is 0 Å². The summed E-state index contributed by atoms with van der Waals surface area (Å²) in [6.45, 7) is 0.750. The zero-order valence-corrected chi connectivity index (χ0v) is 11.9. The second-order valence-electron chi connectivity index (χ2n) is 5.29. The van der Waals surface area contributed by atoms with E-state index in [0.717, 1.165) is 31.6 Å². The Hall–Kier alpha value is -1.74. The number of aryl methyl sites for hydroxylation is 1. The third-order valence-corrected chi connectivity index (χ3v) is 3.97. The summed E-state index contributed by atoms with van der Waals surface area (Å²) < 4.78 is 10.8. The van der Waals surface area contributed by atoms with Crippen LogP contribution in [0, 0.1) is 0 Å². The van der Waals surface area contributed by atoms with Crippen LogP contribution in [0.1, 0.15) is 35.8 Å². The number of furan rings is 1. The highest BCUT2D eigenvalue weighted by Gasteiger charge is 2.22. The molecule has 3 nitrogen and oxygen atoms in total. The molecule has 1 atom stereocenters. The maximum atomic E-state index is 5.56. The standard InChI is InChI=1S/C17H21NO2/c1-19-11-9-13-5-2-3-6-15(13)18-16-7-4-8-17-14(16)10-12-20-17/h2-3,5-6,10,12,16,18H,4,7-9,11H2,1H3. The zero-order valence-electron chi connectivity index (χ0n) is 11.9. The molecule has 1 aromatic heterocycles. The Labute approximate surface area is 119 Å². The van der Waals surface area contributed by atoms with E-state index in [-0.39, 0.29) is 0 Å². The number of benzene rings is 1. The summed E-state index contributed by atoms with van der Waals surface area (Å²) in [5.41, 5.74) is 3.84. The molecule has 0 aliphatic heterocycles. The third kappa shape index (κ3) is 2.73. The zero-order chi connectivity index (χ0) is 13.8. The minimum atomic E-state index is 0.362. The van der Waals surface area contributed by atoms with Crippen molar-refractivity contribution in [2.24, 2.45) is 0 Å². The molecule has 0 saturated carbocycles. The maximum absolute atomic E-state index is 5.56. The van der Waals surface area contributed by atoms with Gasteiger partial charge in [0, 0.05) is 24.8 Å². The van der Waals surface area contributed by atoms with Crippen LogP contribution in [0.2, 0.25) is 0 Å². The van der Waals surface area contributed by atoms with E-state index in [0.29, 0.717) is 6.04 Å². The van der Waals surface area contributed by atoms with Crippen molar-refractivity contribution in [2.45, 2.75) is 31.7 Å². The van der Waals surface area contributed by atoms with E-state index >= 15 is 0 Å². The van der Waals surface area contributed by atoms with Gasteiger partial charge in [-0.1, -0.05) is 18.2 Å². The second kappa shape index (κ2) is 6.14. The summed E-state index contributed by atoms with van der Waals surface area (Å²) in [5, 5.41) is 3.69. The van der Waals surface area contributed by atoms with Crippen molar-refractivity contribution in [3.63, 3.8) is 0 Å². The van der Waals surface area contributed by atoms with E-state index in [1.165, 1.54) is 23.2 Å². The number of fused-ring (bicyclic) bond motifs is 1. The molecule has 3 rings (SSSR count). The third-order valence-electron chi connectivity index (χ3n) is 3.97. The number of methoxy groups -OCH3 is 1. The molecule has 2 aromatic rings. The maximum Gasteiger partial charge on any atom is 0.109 e. The van der Waals surface area contributed by atoms with Gasteiger partial charge < -0.3 is 14.5 Å². The lowest BCUT2D eigenvalue weighted by atomic mass is 9.93. The van der Waals surface area contributed by atoms with Crippen molar-refractivity contribution >= 4 is 5.69 Å². The molecular weight excluding hydrogens is 250 g/mol. The first-order chi connectivity index (χ1) is 9.88. The van der Waals surface area contributed by atoms with Crippen LogP contribution < -0.4 is 5.32 Å². The van der Waals surface area contributed by atoms with Gasteiger partial charge in [-0.05, 0) is 37.0 Å². The van der Waals surface area contributed by atoms with E-state index in [1.807, 2.05) is 6.26 Å². The molecule has 0 saturated heterocycles. The minimum Gasteiger partial charge on any atom is -0.469 e. The summed E-state index contributed by atoms with van der Waals surface area (Å²) in [4.78, 5) is 0. The van der Waals surface area contributed by atoms with Crippen molar-refractivity contribution in [3.8, 4) is 0 Å². The van der Waals surface area contributed by atoms with Gasteiger partial charge in [-0.2, -0.15) is 0 Å². The Morgan fingerprint density at radius 1 is 1.30 bits per heavy atom. The Morgan fingerprint density at radius 3 is 3.10 bits per heavy atom. The van der Waals surface area contributed by atoms with Crippen molar-refractivity contribution in [1.82, 2.24) is 0 Å². The van der Waals surface area contributed by atoms with E-state index in [2.05, 4.69) is 35.6 Å². The van der Waals surface area contributed by atoms with Gasteiger partial charge in [-0.15, -0.1) is 0 Å². The predicted octanol–water partition coefficient (Wildman–Crippen LogP) is 3.96. The van der Waals surface area contributed by atoms with Crippen LogP contribution >= 0.6 is 0 Å². The van der Waals surface area contributed by atoms with E-state index in [9.17, 15) is 0 Å². The molecule has 0 spiro atoms. The molecule has 20 heavy (non-hydrogen) atoms. The van der Waals surface area contributed by atoms with Crippen LogP contribution in [0.3, 0.4) is 0 Å². The lowest BCUT2D eigenvalue weighted by Crippen LogP contribution is -2.17. The Kier molecular flexibility index (Phi) is 4.07. The quantitative estimate of drug-likeness (QED) is 0.894. The first kappa shape index (κ1) is 13.3. The van der Waals surface area contributed by atoms with Gasteiger partial charge in [0.1, 0.15) is 5.76 Å². The van der Waals surface area contributed by atoms with Crippen molar-refractivity contribution in [2.75, 3.05) is 19.0 Å². The summed E-state index contributed by atoms with van der Waals surface area (Å²) in [6.07, 6.45) is 6.14. The first-order valence-electron chi connectivity index (χ1n) is 7.28. The first-order valence-corrected chi connectivity index (χ1v) is 7.28. The number of hydrogen-bond donors (Lipinski definition) is 1. The van der Waals surface area contributed by atoms with Crippen molar-refractivity contribution < 1.29 is 9.15 Å². The molecule has 1 aliphatic rings. The van der Waals surface area contributed by atoms with Crippen LogP contribution in [0.25, 0.3) is 0 Å². The molecule has 0 bridgehead atoms. The highest BCUT2D eigenvalue weighted by Crippen LogP contribution is 2.34. The molecule has 0 radical (unpaired) electrons. The van der Waals surface area contributed by atoms with Gasteiger partial charge >= 0.3 is 0 Å². The highest BCUT2D eigenvalue weighted by molar-refractivity contribution is 5.53. The van der Waals surface area contributed by atoms with Crippen LogP contribution in [0.15, 0.2) is 41.0 Å². The molecular formula is C17H21NO2. The topological polar surface area (TPSA) is 34.4 Å². The number of hydrogen-bond acceptors (Lipinski definition) is 3.